The van der Waals surface area contributed by atoms with Crippen LogP contribution in [0, 0.1) is 5.92 Å². The Kier molecular flexibility index (Phi) is 3.50. The summed E-state index contributed by atoms with van der Waals surface area (Å²) >= 11 is 0. The van der Waals surface area contributed by atoms with E-state index in [-0.39, 0.29) is 18.0 Å². The maximum absolute atomic E-state index is 11.6. The number of likely N-dealkylation sites (N-methyl/N-ethyl adjacent to an activating group) is 1. The molecule has 4 heteroatoms. The number of likely N-dealkylation sites (tertiary alicyclic amines) is 1. The molecular formula is C12H22N2O2. The Morgan fingerprint density at radius 3 is 2.62 bits per heavy atom. The summed E-state index contributed by atoms with van der Waals surface area (Å²) in [5, 5.41) is 3.56. The van der Waals surface area contributed by atoms with Gasteiger partial charge in [-0.3, -0.25) is 4.79 Å². The highest BCUT2D eigenvalue weighted by Gasteiger charge is 2.37. The molecule has 1 N–H and O–H groups in total. The van der Waals surface area contributed by atoms with Crippen molar-refractivity contribution < 1.29 is 9.53 Å². The SMILES string of the molecule is CC(C)C(=O)OC1CN(C)CC1NC1CC1. The molecule has 0 aromatic carbocycles. The average molecular weight is 226 g/mol. The van der Waals surface area contributed by atoms with Crippen LogP contribution < -0.4 is 5.32 Å². The van der Waals surface area contributed by atoms with Crippen LogP contribution in [0.2, 0.25) is 0 Å². The monoisotopic (exact) mass is 226 g/mol. The molecule has 2 fully saturated rings. The molecule has 2 atom stereocenters. The van der Waals surface area contributed by atoms with Gasteiger partial charge in [0, 0.05) is 19.1 Å². The van der Waals surface area contributed by atoms with Crippen LogP contribution in [0.1, 0.15) is 26.7 Å². The Hall–Kier alpha value is -0.610. The van der Waals surface area contributed by atoms with E-state index in [9.17, 15) is 4.79 Å². The highest BCUT2D eigenvalue weighted by Crippen LogP contribution is 2.23. The summed E-state index contributed by atoms with van der Waals surface area (Å²) in [5.74, 6) is -0.115. The number of esters is 1. The van der Waals surface area contributed by atoms with E-state index in [2.05, 4.69) is 17.3 Å². The predicted octanol–water partition coefficient (Wildman–Crippen LogP) is 0.620. The second-order valence-electron chi connectivity index (χ2n) is 5.40. The van der Waals surface area contributed by atoms with Gasteiger partial charge >= 0.3 is 5.97 Å². The fourth-order valence-corrected chi connectivity index (χ4v) is 2.08. The van der Waals surface area contributed by atoms with Crippen molar-refractivity contribution in [1.29, 1.82) is 0 Å². The zero-order valence-electron chi connectivity index (χ0n) is 10.4. The van der Waals surface area contributed by atoms with Gasteiger partial charge in [0.2, 0.25) is 0 Å². The van der Waals surface area contributed by atoms with Crippen LogP contribution in [0.15, 0.2) is 0 Å². The quantitative estimate of drug-likeness (QED) is 0.714. The first-order valence-electron chi connectivity index (χ1n) is 6.21. The molecule has 1 aliphatic heterocycles. The lowest BCUT2D eigenvalue weighted by Crippen LogP contribution is -2.43. The van der Waals surface area contributed by atoms with Crippen LogP contribution in [0.5, 0.6) is 0 Å². The third-order valence-electron chi connectivity index (χ3n) is 3.21. The maximum Gasteiger partial charge on any atom is 0.308 e. The molecule has 2 aliphatic rings. The summed E-state index contributed by atoms with van der Waals surface area (Å²) in [6.45, 7) is 5.59. The molecule has 92 valence electrons. The number of nitrogens with one attached hydrogen (secondary N) is 1. The molecule has 0 amide bonds. The lowest BCUT2D eigenvalue weighted by atomic mass is 10.2. The minimum atomic E-state index is -0.0807. The first-order chi connectivity index (χ1) is 7.56. The number of hydrogen-bond acceptors (Lipinski definition) is 4. The third kappa shape index (κ3) is 2.95. The highest BCUT2D eigenvalue weighted by molar-refractivity contribution is 5.71. The van der Waals surface area contributed by atoms with Crippen molar-refractivity contribution in [3.05, 3.63) is 0 Å². The normalized spacial score (nSPS) is 31.0. The van der Waals surface area contributed by atoms with Crippen molar-refractivity contribution in [3.8, 4) is 0 Å². The summed E-state index contributed by atoms with van der Waals surface area (Å²) in [7, 11) is 2.07. The van der Waals surface area contributed by atoms with Crippen LogP contribution in [-0.2, 0) is 9.53 Å². The number of rotatable bonds is 4. The van der Waals surface area contributed by atoms with Crippen LogP contribution in [-0.4, -0.2) is 49.2 Å². The number of hydrogen-bond donors (Lipinski definition) is 1. The Labute approximate surface area is 97.3 Å². The van der Waals surface area contributed by atoms with Crippen molar-refractivity contribution in [1.82, 2.24) is 10.2 Å². The van der Waals surface area contributed by atoms with Crippen LogP contribution in [0.4, 0.5) is 0 Å². The number of carbonyl (C=O) groups excluding carboxylic acids is 1. The second-order valence-corrected chi connectivity index (χ2v) is 5.40. The molecule has 1 aliphatic carbocycles. The number of nitrogens with zero attached hydrogens (tertiary/aromatic N) is 1. The van der Waals surface area contributed by atoms with Crippen molar-refractivity contribution >= 4 is 5.97 Å². The largest absolute Gasteiger partial charge is 0.459 e. The highest BCUT2D eigenvalue weighted by atomic mass is 16.5. The van der Waals surface area contributed by atoms with Gasteiger partial charge in [0.05, 0.1) is 12.0 Å². The smallest absolute Gasteiger partial charge is 0.308 e. The molecule has 0 aromatic heterocycles. The van der Waals surface area contributed by atoms with Gasteiger partial charge in [0.25, 0.3) is 0 Å². The molecule has 1 heterocycles. The van der Waals surface area contributed by atoms with Gasteiger partial charge < -0.3 is 15.0 Å². The predicted molar refractivity (Wildman–Crippen MR) is 62.2 cm³/mol. The summed E-state index contributed by atoms with van der Waals surface area (Å²) in [6.07, 6.45) is 2.57. The molecular weight excluding hydrogens is 204 g/mol. The minimum absolute atomic E-state index is 0.0282. The molecule has 0 aromatic rings. The van der Waals surface area contributed by atoms with Gasteiger partial charge in [0.1, 0.15) is 6.10 Å². The Balaban J connectivity index is 1.87. The molecule has 4 nitrogen and oxygen atoms in total. The van der Waals surface area contributed by atoms with Gasteiger partial charge in [-0.2, -0.15) is 0 Å². The Bertz CT molecular complexity index is 264. The summed E-state index contributed by atoms with van der Waals surface area (Å²) in [6, 6.07) is 0.983. The van der Waals surface area contributed by atoms with Gasteiger partial charge in [-0.25, -0.2) is 0 Å². The minimum Gasteiger partial charge on any atom is -0.459 e. The first-order valence-corrected chi connectivity index (χ1v) is 6.21. The summed E-state index contributed by atoms with van der Waals surface area (Å²) in [4.78, 5) is 13.8. The Morgan fingerprint density at radius 2 is 2.06 bits per heavy atom. The number of carbonyl (C=O) groups is 1. The fraction of sp³-hybridized carbons (Fsp3) is 0.917. The van der Waals surface area contributed by atoms with Gasteiger partial charge in [-0.1, -0.05) is 13.8 Å². The van der Waals surface area contributed by atoms with Crippen LogP contribution in [0.3, 0.4) is 0 Å². The van der Waals surface area contributed by atoms with Gasteiger partial charge in [-0.15, -0.1) is 0 Å². The summed E-state index contributed by atoms with van der Waals surface area (Å²) in [5.41, 5.74) is 0. The van der Waals surface area contributed by atoms with E-state index in [1.807, 2.05) is 13.8 Å². The molecule has 0 bridgehead atoms. The molecule has 0 spiro atoms. The maximum atomic E-state index is 11.6. The van der Waals surface area contributed by atoms with E-state index in [0.29, 0.717) is 12.1 Å². The van der Waals surface area contributed by atoms with E-state index in [4.69, 9.17) is 4.74 Å². The molecule has 1 saturated carbocycles. The van der Waals surface area contributed by atoms with Crippen LogP contribution in [0.25, 0.3) is 0 Å². The zero-order valence-corrected chi connectivity index (χ0v) is 10.4. The average Bonchev–Trinajstić information content (AvgIpc) is 2.93. The zero-order chi connectivity index (χ0) is 11.7. The second kappa shape index (κ2) is 4.72. The molecule has 16 heavy (non-hydrogen) atoms. The van der Waals surface area contributed by atoms with E-state index in [1.54, 1.807) is 0 Å². The summed E-state index contributed by atoms with van der Waals surface area (Å²) < 4.78 is 5.54. The number of ether oxygens (including phenoxy) is 1. The third-order valence-corrected chi connectivity index (χ3v) is 3.21. The van der Waals surface area contributed by atoms with E-state index >= 15 is 0 Å². The Morgan fingerprint density at radius 1 is 1.38 bits per heavy atom. The van der Waals surface area contributed by atoms with Crippen molar-refractivity contribution in [3.63, 3.8) is 0 Å². The lowest BCUT2D eigenvalue weighted by molar-refractivity contribution is -0.153. The fourth-order valence-electron chi connectivity index (χ4n) is 2.08. The molecule has 1 saturated heterocycles. The molecule has 2 unspecified atom stereocenters. The lowest BCUT2D eigenvalue weighted by Gasteiger charge is -2.21. The van der Waals surface area contributed by atoms with E-state index in [0.717, 1.165) is 13.1 Å². The van der Waals surface area contributed by atoms with Crippen molar-refractivity contribution in [2.45, 2.75) is 44.9 Å². The molecule has 2 rings (SSSR count). The van der Waals surface area contributed by atoms with E-state index in [1.165, 1.54) is 12.8 Å². The topological polar surface area (TPSA) is 41.6 Å². The van der Waals surface area contributed by atoms with E-state index < -0.39 is 0 Å². The van der Waals surface area contributed by atoms with Crippen LogP contribution >= 0.6 is 0 Å². The van der Waals surface area contributed by atoms with Crippen molar-refractivity contribution in [2.24, 2.45) is 5.92 Å². The van der Waals surface area contributed by atoms with Crippen molar-refractivity contribution in [2.75, 3.05) is 20.1 Å². The first kappa shape index (κ1) is 11.9. The van der Waals surface area contributed by atoms with Gasteiger partial charge in [0.15, 0.2) is 0 Å². The molecule has 0 radical (unpaired) electrons. The standard InChI is InChI=1S/C12H22N2O2/c1-8(2)12(15)16-11-7-14(3)6-10(11)13-9-4-5-9/h8-11,13H,4-7H2,1-3H3. The van der Waals surface area contributed by atoms with Gasteiger partial charge in [-0.05, 0) is 19.9 Å².